The maximum absolute atomic E-state index is 5.92. The molecule has 4 heteroatoms. The second kappa shape index (κ2) is 4.69. The van der Waals surface area contributed by atoms with E-state index in [4.69, 9.17) is 9.47 Å². The first-order valence-corrected chi connectivity index (χ1v) is 6.77. The van der Waals surface area contributed by atoms with Gasteiger partial charge in [-0.25, -0.2) is 0 Å². The Morgan fingerprint density at radius 2 is 2.24 bits per heavy atom. The normalized spacial score (nSPS) is 27.5. The molecule has 0 saturated carbocycles. The van der Waals surface area contributed by atoms with E-state index in [0.29, 0.717) is 0 Å². The molecule has 1 atom stereocenters. The van der Waals surface area contributed by atoms with Crippen molar-refractivity contribution in [1.82, 2.24) is 5.32 Å². The molecule has 0 bridgehead atoms. The maximum atomic E-state index is 5.92. The summed E-state index contributed by atoms with van der Waals surface area (Å²) in [5.41, 5.74) is 1.35. The number of hydrogen-bond acceptors (Lipinski definition) is 3. The van der Waals surface area contributed by atoms with Gasteiger partial charge in [-0.15, -0.1) is 0 Å². The molecule has 3 rings (SSSR count). The van der Waals surface area contributed by atoms with Crippen molar-refractivity contribution in [1.29, 1.82) is 0 Å². The van der Waals surface area contributed by atoms with Crippen LogP contribution in [0.5, 0.6) is 0 Å². The molecule has 2 saturated heterocycles. The van der Waals surface area contributed by atoms with Crippen LogP contribution in [0, 0.1) is 0 Å². The molecule has 2 aliphatic heterocycles. The fourth-order valence-corrected chi connectivity index (χ4v) is 2.98. The van der Waals surface area contributed by atoms with E-state index in [1.54, 1.807) is 0 Å². The Bertz CT molecular complexity index is 400. The van der Waals surface area contributed by atoms with Crippen LogP contribution in [-0.4, -0.2) is 39.0 Å². The number of ether oxygens (including phenoxy) is 2. The maximum Gasteiger partial charge on any atom is 0.0841 e. The summed E-state index contributed by atoms with van der Waals surface area (Å²) in [4.78, 5) is 0. The number of morpholine rings is 1. The molecule has 0 radical (unpaired) electrons. The van der Waals surface area contributed by atoms with E-state index < -0.39 is 0 Å². The van der Waals surface area contributed by atoms with Crippen molar-refractivity contribution in [3.63, 3.8) is 0 Å². The number of benzene rings is 1. The summed E-state index contributed by atoms with van der Waals surface area (Å²) in [6.45, 7) is 4.17. The van der Waals surface area contributed by atoms with Gasteiger partial charge < -0.3 is 14.8 Å². The zero-order valence-corrected chi connectivity index (χ0v) is 11.2. The van der Waals surface area contributed by atoms with E-state index >= 15 is 0 Å². The summed E-state index contributed by atoms with van der Waals surface area (Å²) in [6, 6.07) is 8.48. The number of nitrogens with one attached hydrogen (secondary N) is 1. The van der Waals surface area contributed by atoms with Gasteiger partial charge in [0.1, 0.15) is 0 Å². The Balaban J connectivity index is 1.90. The molecule has 17 heavy (non-hydrogen) atoms. The lowest BCUT2D eigenvalue weighted by molar-refractivity contribution is -0.146. The van der Waals surface area contributed by atoms with Crippen LogP contribution < -0.4 is 5.32 Å². The van der Waals surface area contributed by atoms with Crippen molar-refractivity contribution in [2.75, 3.05) is 32.9 Å². The average Bonchev–Trinajstić information content (AvgIpc) is 2.29. The molecule has 2 aliphatic rings. The standard InChI is InChI=1S/C13H16BrNO2/c14-11-3-1-2-10(6-11)13(8-16-9-13)12-7-15-4-5-17-12/h1-3,6,12,15H,4-5,7-9H2. The van der Waals surface area contributed by atoms with E-state index in [0.717, 1.165) is 37.4 Å². The van der Waals surface area contributed by atoms with Gasteiger partial charge in [0.2, 0.25) is 0 Å². The number of hydrogen-bond donors (Lipinski definition) is 1. The summed E-state index contributed by atoms with van der Waals surface area (Å²) in [6.07, 6.45) is 0.222. The Morgan fingerprint density at radius 3 is 2.82 bits per heavy atom. The lowest BCUT2D eigenvalue weighted by Crippen LogP contribution is -2.61. The molecular weight excluding hydrogens is 282 g/mol. The Hall–Kier alpha value is -0.420. The number of halogens is 1. The summed E-state index contributed by atoms with van der Waals surface area (Å²) in [5, 5.41) is 3.40. The molecule has 1 unspecified atom stereocenters. The van der Waals surface area contributed by atoms with Crippen molar-refractivity contribution >= 4 is 15.9 Å². The third kappa shape index (κ3) is 2.03. The van der Waals surface area contributed by atoms with E-state index in [2.05, 4.69) is 45.5 Å². The first-order chi connectivity index (χ1) is 8.31. The van der Waals surface area contributed by atoms with Crippen LogP contribution in [0.2, 0.25) is 0 Å². The Morgan fingerprint density at radius 1 is 1.35 bits per heavy atom. The molecule has 1 N–H and O–H groups in total. The summed E-state index contributed by atoms with van der Waals surface area (Å²) in [5.74, 6) is 0. The Labute approximate surface area is 110 Å². The lowest BCUT2D eigenvalue weighted by atomic mass is 9.73. The minimum absolute atomic E-state index is 0.0389. The van der Waals surface area contributed by atoms with Crippen LogP contribution in [0.15, 0.2) is 28.7 Å². The Kier molecular flexibility index (Phi) is 3.21. The molecule has 2 fully saturated rings. The van der Waals surface area contributed by atoms with Crippen molar-refractivity contribution in [2.24, 2.45) is 0 Å². The van der Waals surface area contributed by atoms with Crippen molar-refractivity contribution in [3.05, 3.63) is 34.3 Å². The highest BCUT2D eigenvalue weighted by Gasteiger charge is 2.48. The second-order valence-corrected chi connectivity index (χ2v) is 5.64. The highest BCUT2D eigenvalue weighted by molar-refractivity contribution is 9.10. The SMILES string of the molecule is Brc1cccc(C2(C3CNCCO3)COC2)c1. The molecule has 3 nitrogen and oxygen atoms in total. The van der Waals surface area contributed by atoms with E-state index in [-0.39, 0.29) is 11.5 Å². The number of rotatable bonds is 2. The van der Waals surface area contributed by atoms with Crippen molar-refractivity contribution in [3.8, 4) is 0 Å². The summed E-state index contributed by atoms with van der Waals surface area (Å²) >= 11 is 3.53. The molecule has 0 aliphatic carbocycles. The monoisotopic (exact) mass is 297 g/mol. The largest absolute Gasteiger partial charge is 0.379 e. The topological polar surface area (TPSA) is 30.5 Å². The van der Waals surface area contributed by atoms with Gasteiger partial charge in [-0.1, -0.05) is 28.1 Å². The van der Waals surface area contributed by atoms with Gasteiger partial charge in [-0.3, -0.25) is 0 Å². The summed E-state index contributed by atoms with van der Waals surface area (Å²) < 4.78 is 12.5. The highest BCUT2D eigenvalue weighted by Crippen LogP contribution is 2.38. The third-order valence-corrected chi connectivity index (χ3v) is 4.16. The first kappa shape index (κ1) is 11.7. The molecule has 0 aromatic heterocycles. The minimum Gasteiger partial charge on any atom is -0.379 e. The summed E-state index contributed by atoms with van der Waals surface area (Å²) in [7, 11) is 0. The minimum atomic E-state index is 0.0389. The fourth-order valence-electron chi connectivity index (χ4n) is 2.58. The van der Waals surface area contributed by atoms with Crippen LogP contribution in [0.25, 0.3) is 0 Å². The lowest BCUT2D eigenvalue weighted by Gasteiger charge is -2.48. The third-order valence-electron chi connectivity index (χ3n) is 3.66. The van der Waals surface area contributed by atoms with Gasteiger partial charge in [0.25, 0.3) is 0 Å². The van der Waals surface area contributed by atoms with Gasteiger partial charge in [0.15, 0.2) is 0 Å². The van der Waals surface area contributed by atoms with Crippen LogP contribution in [-0.2, 0) is 14.9 Å². The quantitative estimate of drug-likeness (QED) is 0.901. The van der Waals surface area contributed by atoms with Crippen molar-refractivity contribution in [2.45, 2.75) is 11.5 Å². The molecule has 0 spiro atoms. The second-order valence-electron chi connectivity index (χ2n) is 4.72. The predicted octanol–water partition coefficient (Wildman–Crippen LogP) is 1.71. The van der Waals surface area contributed by atoms with Gasteiger partial charge >= 0.3 is 0 Å². The zero-order valence-electron chi connectivity index (χ0n) is 9.62. The van der Waals surface area contributed by atoms with Crippen LogP contribution in [0.3, 0.4) is 0 Å². The van der Waals surface area contributed by atoms with Crippen LogP contribution in [0.1, 0.15) is 5.56 Å². The molecule has 2 heterocycles. The molecule has 1 aromatic carbocycles. The van der Waals surface area contributed by atoms with E-state index in [1.807, 2.05) is 0 Å². The fraction of sp³-hybridized carbons (Fsp3) is 0.538. The predicted molar refractivity (Wildman–Crippen MR) is 69.2 cm³/mol. The van der Waals surface area contributed by atoms with Crippen molar-refractivity contribution < 1.29 is 9.47 Å². The average molecular weight is 298 g/mol. The smallest absolute Gasteiger partial charge is 0.0841 e. The van der Waals surface area contributed by atoms with Gasteiger partial charge in [0.05, 0.1) is 31.3 Å². The molecule has 1 aromatic rings. The molecule has 0 amide bonds. The zero-order chi connectivity index (χ0) is 11.7. The van der Waals surface area contributed by atoms with E-state index in [9.17, 15) is 0 Å². The molecule has 92 valence electrons. The van der Waals surface area contributed by atoms with Crippen LogP contribution >= 0.6 is 15.9 Å². The van der Waals surface area contributed by atoms with Gasteiger partial charge in [-0.2, -0.15) is 0 Å². The van der Waals surface area contributed by atoms with Crippen LogP contribution in [0.4, 0.5) is 0 Å². The highest BCUT2D eigenvalue weighted by atomic mass is 79.9. The molecular formula is C13H16BrNO2. The van der Waals surface area contributed by atoms with E-state index in [1.165, 1.54) is 5.56 Å². The van der Waals surface area contributed by atoms with Gasteiger partial charge in [0, 0.05) is 17.6 Å². The van der Waals surface area contributed by atoms with Gasteiger partial charge in [-0.05, 0) is 17.7 Å². The first-order valence-electron chi connectivity index (χ1n) is 5.97.